The number of benzene rings is 2. The minimum absolute atomic E-state index is 0.405. The summed E-state index contributed by atoms with van der Waals surface area (Å²) in [6, 6.07) is 14.8. The number of carbonyl (C=O) groups is 2. The summed E-state index contributed by atoms with van der Waals surface area (Å²) in [5.41, 5.74) is 1.37. The zero-order valence-corrected chi connectivity index (χ0v) is 16.2. The molecule has 1 aliphatic rings. The van der Waals surface area contributed by atoms with Crippen molar-refractivity contribution in [1.29, 1.82) is 0 Å². The van der Waals surface area contributed by atoms with Crippen molar-refractivity contribution in [2.45, 2.75) is 19.4 Å². The number of ketones is 1. The number of para-hydroxylation sites is 1. The van der Waals surface area contributed by atoms with Crippen LogP contribution in [0.3, 0.4) is 0 Å². The number of likely N-dealkylation sites (tertiary alicyclic amines) is 1. The third-order valence-corrected chi connectivity index (χ3v) is 5.29. The first kappa shape index (κ1) is 18.6. The van der Waals surface area contributed by atoms with Crippen LogP contribution < -0.4 is 4.74 Å². The highest BCUT2D eigenvalue weighted by Gasteiger charge is 2.27. The van der Waals surface area contributed by atoms with Crippen LogP contribution >= 0.6 is 11.6 Å². The van der Waals surface area contributed by atoms with Crippen LogP contribution in [0.25, 0.3) is 10.9 Å². The quantitative estimate of drug-likeness (QED) is 0.464. The number of Topliss-reactive ketones (excluding diaryl/α,β-unsaturated/α-hetero) is 1. The van der Waals surface area contributed by atoms with Gasteiger partial charge in [-0.2, -0.15) is 0 Å². The van der Waals surface area contributed by atoms with Gasteiger partial charge in [-0.3, -0.25) is 9.59 Å². The number of hydrogen-bond acceptors (Lipinski definition) is 3. The van der Waals surface area contributed by atoms with Crippen LogP contribution in [-0.2, 0) is 11.3 Å². The van der Waals surface area contributed by atoms with Crippen LogP contribution in [0.5, 0.6) is 5.75 Å². The minimum Gasteiger partial charge on any atom is -0.492 e. The van der Waals surface area contributed by atoms with E-state index in [9.17, 15) is 9.59 Å². The van der Waals surface area contributed by atoms with E-state index in [1.54, 1.807) is 23.2 Å². The molecule has 0 aliphatic carbocycles. The molecule has 6 heteroatoms. The van der Waals surface area contributed by atoms with Gasteiger partial charge in [0.15, 0.2) is 0 Å². The summed E-state index contributed by atoms with van der Waals surface area (Å²) in [7, 11) is 0. The Bertz CT molecular complexity index is 1000. The molecule has 4 rings (SSSR count). The predicted octanol–water partition coefficient (Wildman–Crippen LogP) is 4.18. The normalized spacial score (nSPS) is 13.8. The molecule has 0 radical (unpaired) electrons. The fourth-order valence-corrected chi connectivity index (χ4v) is 3.71. The first-order valence-electron chi connectivity index (χ1n) is 9.43. The summed E-state index contributed by atoms with van der Waals surface area (Å²) in [4.78, 5) is 27.0. The van der Waals surface area contributed by atoms with Gasteiger partial charge in [0, 0.05) is 35.2 Å². The summed E-state index contributed by atoms with van der Waals surface area (Å²) < 4.78 is 7.74. The maximum Gasteiger partial charge on any atom is 0.295 e. The summed E-state index contributed by atoms with van der Waals surface area (Å²) >= 11 is 5.89. The molecule has 0 bridgehead atoms. The van der Waals surface area contributed by atoms with E-state index >= 15 is 0 Å². The number of rotatable bonds is 6. The van der Waals surface area contributed by atoms with Crippen LogP contribution in [0.4, 0.5) is 0 Å². The number of nitrogens with zero attached hydrogens (tertiary/aromatic N) is 2. The molecule has 3 aromatic rings. The summed E-state index contributed by atoms with van der Waals surface area (Å²) in [6.45, 7) is 2.33. The van der Waals surface area contributed by atoms with Gasteiger partial charge in [-0.25, -0.2) is 0 Å². The summed E-state index contributed by atoms with van der Waals surface area (Å²) in [5, 5.41) is 1.46. The maximum absolute atomic E-state index is 12.8. The molecule has 2 aromatic carbocycles. The van der Waals surface area contributed by atoms with Crippen molar-refractivity contribution >= 4 is 34.2 Å². The third-order valence-electron chi connectivity index (χ3n) is 5.04. The van der Waals surface area contributed by atoms with Gasteiger partial charge in [0.05, 0.1) is 12.1 Å². The first-order valence-corrected chi connectivity index (χ1v) is 9.81. The van der Waals surface area contributed by atoms with Crippen LogP contribution in [0.15, 0.2) is 54.7 Å². The molecule has 28 heavy (non-hydrogen) atoms. The Labute approximate surface area is 168 Å². The average Bonchev–Trinajstić information content (AvgIpc) is 3.37. The van der Waals surface area contributed by atoms with Crippen LogP contribution in [0, 0.1) is 0 Å². The lowest BCUT2D eigenvalue weighted by molar-refractivity contribution is -0.125. The Morgan fingerprint density at radius 1 is 1.00 bits per heavy atom. The monoisotopic (exact) mass is 396 g/mol. The van der Waals surface area contributed by atoms with Crippen LogP contribution in [0.2, 0.25) is 5.02 Å². The number of carbonyl (C=O) groups excluding carboxylic acids is 2. The number of ether oxygens (including phenoxy) is 1. The molecule has 0 N–H and O–H groups in total. The van der Waals surface area contributed by atoms with E-state index in [0.717, 1.165) is 29.5 Å². The van der Waals surface area contributed by atoms with Gasteiger partial charge in [0.2, 0.25) is 0 Å². The standard InChI is InChI=1S/C22H21ClN2O3/c23-16-7-9-17(10-8-16)28-14-13-25-15-19(18-5-1-2-6-20(18)25)21(26)22(27)24-11-3-4-12-24/h1-2,5-10,15H,3-4,11-14H2. The minimum atomic E-state index is -0.435. The zero-order valence-electron chi connectivity index (χ0n) is 15.4. The Kier molecular flexibility index (Phi) is 5.35. The molecular formula is C22H21ClN2O3. The second-order valence-corrected chi connectivity index (χ2v) is 7.32. The van der Waals surface area contributed by atoms with Gasteiger partial charge in [0.1, 0.15) is 12.4 Å². The van der Waals surface area contributed by atoms with E-state index in [2.05, 4.69) is 0 Å². The van der Waals surface area contributed by atoms with Crippen LogP contribution in [0.1, 0.15) is 23.2 Å². The molecule has 0 saturated carbocycles. The topological polar surface area (TPSA) is 51.5 Å². The molecule has 1 aromatic heterocycles. The van der Waals surface area contributed by atoms with E-state index in [1.807, 2.05) is 41.0 Å². The molecule has 2 heterocycles. The highest BCUT2D eigenvalue weighted by atomic mass is 35.5. The molecule has 0 atom stereocenters. The third kappa shape index (κ3) is 3.76. The van der Waals surface area contributed by atoms with E-state index in [4.69, 9.17) is 16.3 Å². The van der Waals surface area contributed by atoms with Crippen LogP contribution in [-0.4, -0.2) is 40.9 Å². The van der Waals surface area contributed by atoms with Crippen molar-refractivity contribution in [1.82, 2.24) is 9.47 Å². The fraction of sp³-hybridized carbons (Fsp3) is 0.273. The first-order chi connectivity index (χ1) is 13.6. The van der Waals surface area contributed by atoms with Gasteiger partial charge >= 0.3 is 0 Å². The summed E-state index contributed by atoms with van der Waals surface area (Å²) in [6.07, 6.45) is 3.69. The van der Waals surface area contributed by atoms with Crippen molar-refractivity contribution in [2.24, 2.45) is 0 Å². The predicted molar refractivity (Wildman–Crippen MR) is 109 cm³/mol. The highest BCUT2D eigenvalue weighted by molar-refractivity contribution is 6.44. The zero-order chi connectivity index (χ0) is 19.5. The lowest BCUT2D eigenvalue weighted by Gasteiger charge is -2.13. The molecule has 144 valence electrons. The molecule has 1 amide bonds. The van der Waals surface area contributed by atoms with E-state index in [1.165, 1.54) is 0 Å². The Morgan fingerprint density at radius 3 is 2.46 bits per heavy atom. The molecule has 0 spiro atoms. The second-order valence-electron chi connectivity index (χ2n) is 6.88. The number of aromatic nitrogens is 1. The van der Waals surface area contributed by atoms with Gasteiger partial charge in [0.25, 0.3) is 11.7 Å². The Morgan fingerprint density at radius 2 is 1.71 bits per heavy atom. The van der Waals surface area contributed by atoms with E-state index in [0.29, 0.717) is 36.8 Å². The molecule has 5 nitrogen and oxygen atoms in total. The van der Waals surface area contributed by atoms with Crippen molar-refractivity contribution in [3.8, 4) is 5.75 Å². The number of fused-ring (bicyclic) bond motifs is 1. The number of halogens is 1. The molecule has 0 unspecified atom stereocenters. The van der Waals surface area contributed by atoms with Gasteiger partial charge in [-0.05, 0) is 43.2 Å². The van der Waals surface area contributed by atoms with Gasteiger partial charge in [-0.1, -0.05) is 29.8 Å². The smallest absolute Gasteiger partial charge is 0.295 e. The molecule has 1 aliphatic heterocycles. The van der Waals surface area contributed by atoms with Crippen molar-refractivity contribution in [3.63, 3.8) is 0 Å². The molecular weight excluding hydrogens is 376 g/mol. The fourth-order valence-electron chi connectivity index (χ4n) is 3.58. The van der Waals surface area contributed by atoms with Crippen molar-refractivity contribution in [3.05, 3.63) is 65.3 Å². The number of hydrogen-bond donors (Lipinski definition) is 0. The average molecular weight is 397 g/mol. The van der Waals surface area contributed by atoms with Crippen molar-refractivity contribution in [2.75, 3.05) is 19.7 Å². The Hall–Kier alpha value is -2.79. The number of amides is 1. The SMILES string of the molecule is O=C(C(=O)N1CCCC1)c1cn(CCOc2ccc(Cl)cc2)c2ccccc12. The highest BCUT2D eigenvalue weighted by Crippen LogP contribution is 2.23. The van der Waals surface area contributed by atoms with Crippen molar-refractivity contribution < 1.29 is 14.3 Å². The lowest BCUT2D eigenvalue weighted by Crippen LogP contribution is -2.34. The lowest BCUT2D eigenvalue weighted by atomic mass is 10.1. The molecule has 1 fully saturated rings. The largest absolute Gasteiger partial charge is 0.492 e. The molecule has 1 saturated heterocycles. The maximum atomic E-state index is 12.8. The van der Waals surface area contributed by atoms with E-state index < -0.39 is 11.7 Å². The van der Waals surface area contributed by atoms with E-state index in [-0.39, 0.29) is 0 Å². The van der Waals surface area contributed by atoms with Gasteiger partial charge < -0.3 is 14.2 Å². The Balaban J connectivity index is 1.53. The summed E-state index contributed by atoms with van der Waals surface area (Å²) in [5.74, 6) is -0.102. The second kappa shape index (κ2) is 8.07. The van der Waals surface area contributed by atoms with Gasteiger partial charge in [-0.15, -0.1) is 0 Å².